The number of para-hydroxylation sites is 1. The molecule has 1 unspecified atom stereocenters. The number of benzene rings is 2. The van der Waals surface area contributed by atoms with Crippen LogP contribution < -0.4 is 9.47 Å². The minimum atomic E-state index is -0.818. The summed E-state index contributed by atoms with van der Waals surface area (Å²) in [5.74, 6) is -0.669. The van der Waals surface area contributed by atoms with Crippen molar-refractivity contribution in [2.75, 3.05) is 53.6 Å². The van der Waals surface area contributed by atoms with Gasteiger partial charge in [-0.2, -0.15) is 0 Å². The second-order valence-electron chi connectivity index (χ2n) is 8.31. The number of ether oxygens (including phenoxy) is 3. The normalized spacial score (nSPS) is 19.0. The molecule has 8 heteroatoms. The monoisotopic (exact) mass is 478 g/mol. The topological polar surface area (TPSA) is 88.5 Å². The van der Waals surface area contributed by atoms with Crippen LogP contribution >= 0.6 is 0 Å². The lowest BCUT2D eigenvalue weighted by molar-refractivity contribution is -0.129. The summed E-state index contributed by atoms with van der Waals surface area (Å²) in [4.78, 5) is 30.3. The van der Waals surface area contributed by atoms with Crippen LogP contribution in [0.4, 0.5) is 0 Å². The van der Waals surface area contributed by atoms with Crippen LogP contribution in [0.25, 0.3) is 6.08 Å². The molecule has 1 atom stereocenters. The van der Waals surface area contributed by atoms with Crippen molar-refractivity contribution in [3.8, 4) is 11.5 Å². The van der Waals surface area contributed by atoms with Crippen LogP contribution in [-0.2, 0) is 14.3 Å². The average molecular weight is 479 g/mol. The van der Waals surface area contributed by atoms with Gasteiger partial charge in [-0.1, -0.05) is 48.5 Å². The highest BCUT2D eigenvalue weighted by Crippen LogP contribution is 2.44. The number of carbonyl (C=O) groups is 2. The molecule has 0 radical (unpaired) electrons. The highest BCUT2D eigenvalue weighted by atomic mass is 16.5. The Labute approximate surface area is 205 Å². The fraction of sp³-hybridized carbons (Fsp3) is 0.333. The van der Waals surface area contributed by atoms with E-state index in [1.165, 1.54) is 25.2 Å². The second kappa shape index (κ2) is 11.2. The Morgan fingerprint density at radius 1 is 1.06 bits per heavy atom. The standard InChI is InChI=1S/C27H30N2O6/c1-33-22-10-6-9-20(26(22)34-2)24-23(21(30)12-11-19-7-4-3-5-8-19)25(31)27(32)29(24)14-13-28-15-17-35-18-16-28/h3-12,24,31H,13-18H2,1-2H3/b12-11+. The summed E-state index contributed by atoms with van der Waals surface area (Å²) >= 11 is 0. The van der Waals surface area contributed by atoms with E-state index in [9.17, 15) is 14.7 Å². The predicted molar refractivity (Wildman–Crippen MR) is 131 cm³/mol. The summed E-state index contributed by atoms with van der Waals surface area (Å²) in [6.45, 7) is 3.72. The Morgan fingerprint density at radius 2 is 1.80 bits per heavy atom. The van der Waals surface area contributed by atoms with Crippen molar-refractivity contribution in [2.45, 2.75) is 6.04 Å². The number of allylic oxidation sites excluding steroid dienone is 1. The summed E-state index contributed by atoms with van der Waals surface area (Å²) < 4.78 is 16.5. The summed E-state index contributed by atoms with van der Waals surface area (Å²) in [6.07, 6.45) is 3.06. The van der Waals surface area contributed by atoms with Crippen molar-refractivity contribution in [2.24, 2.45) is 0 Å². The Hall–Kier alpha value is -3.62. The van der Waals surface area contributed by atoms with Crippen LogP contribution in [0.15, 0.2) is 65.9 Å². The van der Waals surface area contributed by atoms with Gasteiger partial charge >= 0.3 is 0 Å². The highest BCUT2D eigenvalue weighted by molar-refractivity contribution is 6.14. The maximum absolute atomic E-state index is 13.4. The minimum absolute atomic E-state index is 0.0238. The Kier molecular flexibility index (Phi) is 7.84. The molecule has 35 heavy (non-hydrogen) atoms. The van der Waals surface area contributed by atoms with Gasteiger partial charge in [-0.05, 0) is 17.7 Å². The molecule has 1 N–H and O–H groups in total. The zero-order valence-corrected chi connectivity index (χ0v) is 20.0. The van der Waals surface area contributed by atoms with Crippen molar-refractivity contribution in [1.82, 2.24) is 9.80 Å². The molecule has 0 saturated carbocycles. The Balaban J connectivity index is 1.71. The molecule has 4 rings (SSSR count). The van der Waals surface area contributed by atoms with Gasteiger partial charge in [-0.3, -0.25) is 14.5 Å². The zero-order chi connectivity index (χ0) is 24.8. The molecule has 1 fully saturated rings. The molecular formula is C27H30N2O6. The van der Waals surface area contributed by atoms with E-state index in [4.69, 9.17) is 14.2 Å². The lowest BCUT2D eigenvalue weighted by Gasteiger charge is -2.32. The molecule has 2 heterocycles. The highest BCUT2D eigenvalue weighted by Gasteiger charge is 2.44. The van der Waals surface area contributed by atoms with Gasteiger partial charge in [-0.25, -0.2) is 0 Å². The van der Waals surface area contributed by atoms with E-state index >= 15 is 0 Å². The van der Waals surface area contributed by atoms with Crippen molar-refractivity contribution in [3.63, 3.8) is 0 Å². The fourth-order valence-corrected chi connectivity index (χ4v) is 4.49. The lowest BCUT2D eigenvalue weighted by Crippen LogP contribution is -2.43. The largest absolute Gasteiger partial charge is 0.503 e. The number of amides is 1. The van der Waals surface area contributed by atoms with Gasteiger partial charge < -0.3 is 24.2 Å². The van der Waals surface area contributed by atoms with E-state index < -0.39 is 23.5 Å². The summed E-state index contributed by atoms with van der Waals surface area (Å²) in [6, 6.07) is 13.9. The first kappa shape index (κ1) is 24.5. The third-order valence-electron chi connectivity index (χ3n) is 6.28. The molecule has 2 aliphatic rings. The van der Waals surface area contributed by atoms with Crippen molar-refractivity contribution >= 4 is 17.8 Å². The van der Waals surface area contributed by atoms with Crippen molar-refractivity contribution in [3.05, 3.63) is 77.1 Å². The number of aliphatic hydroxyl groups is 1. The lowest BCUT2D eigenvalue weighted by atomic mass is 9.94. The third-order valence-corrected chi connectivity index (χ3v) is 6.28. The second-order valence-corrected chi connectivity index (χ2v) is 8.31. The van der Waals surface area contributed by atoms with Crippen molar-refractivity contribution < 1.29 is 28.9 Å². The first-order valence-electron chi connectivity index (χ1n) is 11.6. The fourth-order valence-electron chi connectivity index (χ4n) is 4.49. The number of aliphatic hydroxyl groups excluding tert-OH is 1. The average Bonchev–Trinajstić information content (AvgIpc) is 3.16. The quantitative estimate of drug-likeness (QED) is 0.555. The number of hydrogen-bond acceptors (Lipinski definition) is 7. The minimum Gasteiger partial charge on any atom is -0.503 e. The van der Waals surface area contributed by atoms with Crippen molar-refractivity contribution in [1.29, 1.82) is 0 Å². The van der Waals surface area contributed by atoms with Crippen LogP contribution in [0.2, 0.25) is 0 Å². The Morgan fingerprint density at radius 3 is 2.49 bits per heavy atom. The maximum Gasteiger partial charge on any atom is 0.290 e. The van der Waals surface area contributed by atoms with Gasteiger partial charge in [-0.15, -0.1) is 0 Å². The van der Waals surface area contributed by atoms with Gasteiger partial charge in [0.1, 0.15) is 0 Å². The molecule has 184 valence electrons. The first-order chi connectivity index (χ1) is 17.0. The van der Waals surface area contributed by atoms with Gasteiger partial charge in [0.2, 0.25) is 0 Å². The molecule has 2 aromatic carbocycles. The number of morpholine rings is 1. The number of carbonyl (C=O) groups excluding carboxylic acids is 2. The molecule has 0 spiro atoms. The zero-order valence-electron chi connectivity index (χ0n) is 20.0. The van der Waals surface area contributed by atoms with Gasteiger partial charge in [0.05, 0.1) is 39.0 Å². The molecule has 2 aliphatic heterocycles. The Bertz CT molecular complexity index is 1120. The molecular weight excluding hydrogens is 448 g/mol. The number of ketones is 1. The van der Waals surface area contributed by atoms with Crippen LogP contribution in [0, 0.1) is 0 Å². The smallest absolute Gasteiger partial charge is 0.290 e. The SMILES string of the molecule is COc1cccc(C2C(C(=O)/C=C/c3ccccc3)=C(O)C(=O)N2CCN2CCOCC2)c1OC. The summed E-state index contributed by atoms with van der Waals surface area (Å²) in [5.41, 5.74) is 1.43. The number of hydrogen-bond donors (Lipinski definition) is 1. The van der Waals surface area contributed by atoms with Crippen LogP contribution in [0.1, 0.15) is 17.2 Å². The number of nitrogens with zero attached hydrogens (tertiary/aromatic N) is 2. The van der Waals surface area contributed by atoms with E-state index in [0.717, 1.165) is 18.7 Å². The number of rotatable bonds is 9. The molecule has 1 amide bonds. The molecule has 0 bridgehead atoms. The van der Waals surface area contributed by atoms with E-state index in [0.29, 0.717) is 43.4 Å². The van der Waals surface area contributed by atoms with Gasteiger partial charge in [0.15, 0.2) is 23.0 Å². The van der Waals surface area contributed by atoms with Crippen LogP contribution in [-0.4, -0.2) is 80.2 Å². The van der Waals surface area contributed by atoms with E-state index in [-0.39, 0.29) is 5.57 Å². The van der Waals surface area contributed by atoms with Gasteiger partial charge in [0.25, 0.3) is 5.91 Å². The third kappa shape index (κ3) is 5.23. The summed E-state index contributed by atoms with van der Waals surface area (Å²) in [7, 11) is 3.04. The van der Waals surface area contributed by atoms with Crippen LogP contribution in [0.5, 0.6) is 11.5 Å². The maximum atomic E-state index is 13.4. The van der Waals surface area contributed by atoms with E-state index in [2.05, 4.69) is 4.90 Å². The first-order valence-corrected chi connectivity index (χ1v) is 11.6. The van der Waals surface area contributed by atoms with E-state index in [1.54, 1.807) is 24.3 Å². The molecule has 8 nitrogen and oxygen atoms in total. The summed E-state index contributed by atoms with van der Waals surface area (Å²) in [5, 5.41) is 10.9. The number of methoxy groups -OCH3 is 2. The van der Waals surface area contributed by atoms with Gasteiger partial charge in [0, 0.05) is 31.7 Å². The molecule has 2 aromatic rings. The van der Waals surface area contributed by atoms with E-state index in [1.807, 2.05) is 30.3 Å². The molecule has 0 aliphatic carbocycles. The van der Waals surface area contributed by atoms with Crippen LogP contribution in [0.3, 0.4) is 0 Å². The molecule has 0 aromatic heterocycles. The predicted octanol–water partition coefficient (Wildman–Crippen LogP) is 3.01. The molecule has 1 saturated heterocycles.